The molecular weight excluding hydrogens is 312 g/mol. The van der Waals surface area contributed by atoms with Gasteiger partial charge in [0.15, 0.2) is 0 Å². The summed E-state index contributed by atoms with van der Waals surface area (Å²) in [5.41, 5.74) is 1.40. The zero-order valence-electron chi connectivity index (χ0n) is 15.7. The Balaban J connectivity index is -0.000000107. The maximum absolute atomic E-state index is 8.06. The third-order valence-corrected chi connectivity index (χ3v) is 1.86. The molecule has 1 unspecified atom stereocenters. The van der Waals surface area contributed by atoms with Gasteiger partial charge in [0.1, 0.15) is 0 Å². The zero-order chi connectivity index (χ0) is 17.4. The Morgan fingerprint density at radius 2 is 1.23 bits per heavy atom. The zero-order valence-corrected chi connectivity index (χ0v) is 17.3. The van der Waals surface area contributed by atoms with Crippen molar-refractivity contribution < 1.29 is 37.0 Å². The molecular formula is C18H37O3Ti-. The second kappa shape index (κ2) is 21.1. The van der Waals surface area contributed by atoms with Crippen molar-refractivity contribution in [3.8, 4) is 0 Å². The first-order valence-corrected chi connectivity index (χ1v) is 7.85. The number of rotatable bonds is 2. The summed E-state index contributed by atoms with van der Waals surface area (Å²) in [6.45, 7) is 14.8. The summed E-state index contributed by atoms with van der Waals surface area (Å²) < 4.78 is 0. The van der Waals surface area contributed by atoms with E-state index in [2.05, 4.69) is 32.1 Å². The minimum Gasteiger partial charge on any atom is -0.394 e. The van der Waals surface area contributed by atoms with Gasteiger partial charge in [-0.2, -0.15) is 6.08 Å². The summed E-state index contributed by atoms with van der Waals surface area (Å²) in [7, 11) is 0. The van der Waals surface area contributed by atoms with Crippen LogP contribution in [-0.4, -0.2) is 33.6 Å². The standard InChI is InChI=1S/C9H13.3C3H8O.Ti/c1-3-8(2)9-6-4-5-7-9;3*1-3(2)4;/h4,6,8H,3,5H2,1-2H3;3*3-4H,1-2H3;/q-1;;;;. The van der Waals surface area contributed by atoms with E-state index in [-0.39, 0.29) is 40.0 Å². The van der Waals surface area contributed by atoms with Crippen LogP contribution in [-0.2, 0) is 21.7 Å². The summed E-state index contributed by atoms with van der Waals surface area (Å²) in [4.78, 5) is 0. The molecule has 0 saturated heterocycles. The maximum atomic E-state index is 8.06. The van der Waals surface area contributed by atoms with E-state index in [0.29, 0.717) is 5.92 Å². The van der Waals surface area contributed by atoms with Crippen molar-refractivity contribution in [1.29, 1.82) is 0 Å². The van der Waals surface area contributed by atoms with Crippen LogP contribution in [0.2, 0.25) is 0 Å². The van der Waals surface area contributed by atoms with Gasteiger partial charge in [-0.25, -0.2) is 11.6 Å². The molecule has 1 rings (SSSR count). The van der Waals surface area contributed by atoms with Crippen LogP contribution in [0.15, 0.2) is 17.7 Å². The quantitative estimate of drug-likeness (QED) is 0.524. The molecule has 1 atom stereocenters. The van der Waals surface area contributed by atoms with E-state index in [9.17, 15) is 0 Å². The van der Waals surface area contributed by atoms with Crippen LogP contribution in [0.4, 0.5) is 0 Å². The van der Waals surface area contributed by atoms with Gasteiger partial charge in [-0.3, -0.25) is 6.08 Å². The van der Waals surface area contributed by atoms with E-state index >= 15 is 0 Å². The largest absolute Gasteiger partial charge is 0.394 e. The molecule has 0 aromatic rings. The SMILES string of the molecule is CC(C)O.CC(C)O.CC(C)O.CCC(C)C1=[C-]CC=C1.[Ti]. The van der Waals surface area contributed by atoms with Gasteiger partial charge in [-0.15, -0.1) is 6.42 Å². The van der Waals surface area contributed by atoms with Crippen molar-refractivity contribution in [2.45, 2.75) is 86.5 Å². The van der Waals surface area contributed by atoms with Crippen LogP contribution in [0.5, 0.6) is 0 Å². The molecule has 0 aromatic carbocycles. The van der Waals surface area contributed by atoms with E-state index in [4.69, 9.17) is 15.3 Å². The van der Waals surface area contributed by atoms with E-state index in [1.807, 2.05) is 0 Å². The Morgan fingerprint density at radius 3 is 1.41 bits per heavy atom. The number of aliphatic hydroxyl groups is 3. The maximum Gasteiger partial charge on any atom is 0.0483 e. The molecule has 0 saturated carbocycles. The Morgan fingerprint density at radius 1 is 0.909 bits per heavy atom. The Hall–Kier alpha value is 0.0743. The van der Waals surface area contributed by atoms with Crippen molar-refractivity contribution in [2.75, 3.05) is 0 Å². The molecule has 1 aliphatic carbocycles. The molecule has 3 nitrogen and oxygen atoms in total. The summed E-state index contributed by atoms with van der Waals surface area (Å²) in [6.07, 6.45) is 9.43. The number of hydrogen-bond acceptors (Lipinski definition) is 3. The van der Waals surface area contributed by atoms with Crippen molar-refractivity contribution in [1.82, 2.24) is 0 Å². The molecule has 0 aliphatic heterocycles. The van der Waals surface area contributed by atoms with Gasteiger partial charge in [0, 0.05) is 40.0 Å². The molecule has 0 amide bonds. The van der Waals surface area contributed by atoms with Crippen molar-refractivity contribution in [3.63, 3.8) is 0 Å². The molecule has 1 aliphatic rings. The molecule has 3 N–H and O–H groups in total. The smallest absolute Gasteiger partial charge is 0.0483 e. The van der Waals surface area contributed by atoms with Gasteiger partial charge < -0.3 is 15.3 Å². The molecule has 4 heteroatoms. The van der Waals surface area contributed by atoms with Crippen molar-refractivity contribution in [3.05, 3.63) is 23.8 Å². The van der Waals surface area contributed by atoms with E-state index in [1.165, 1.54) is 12.0 Å². The molecule has 0 heterocycles. The van der Waals surface area contributed by atoms with Crippen LogP contribution in [0.1, 0.15) is 68.2 Å². The fourth-order valence-corrected chi connectivity index (χ4v) is 0.980. The first-order valence-electron chi connectivity index (χ1n) is 7.85. The first kappa shape index (κ1) is 30.0. The summed E-state index contributed by atoms with van der Waals surface area (Å²) in [5.74, 6) is 0.712. The van der Waals surface area contributed by atoms with Gasteiger partial charge in [-0.1, -0.05) is 26.2 Å². The van der Waals surface area contributed by atoms with Gasteiger partial charge in [0.05, 0.1) is 0 Å². The second-order valence-electron chi connectivity index (χ2n) is 5.83. The molecule has 0 aromatic heterocycles. The minimum absolute atomic E-state index is 0. The fraction of sp³-hybridized carbons (Fsp3) is 0.778. The van der Waals surface area contributed by atoms with E-state index in [0.717, 1.165) is 6.42 Å². The van der Waals surface area contributed by atoms with Gasteiger partial charge in [0.2, 0.25) is 0 Å². The average molecular weight is 349 g/mol. The fourth-order valence-electron chi connectivity index (χ4n) is 0.980. The van der Waals surface area contributed by atoms with Crippen LogP contribution in [0.3, 0.4) is 0 Å². The van der Waals surface area contributed by atoms with Gasteiger partial charge >= 0.3 is 0 Å². The summed E-state index contributed by atoms with van der Waals surface area (Å²) in [5, 5.41) is 24.2. The average Bonchev–Trinajstić information content (AvgIpc) is 2.79. The third kappa shape index (κ3) is 42.7. The number of hydrogen-bond donors (Lipinski definition) is 3. The Kier molecular flexibility index (Phi) is 28.7. The number of allylic oxidation sites excluding steroid dienone is 4. The minimum atomic E-state index is -0.167. The van der Waals surface area contributed by atoms with Gasteiger partial charge in [-0.05, 0) is 41.5 Å². The first-order chi connectivity index (χ1) is 9.54. The third-order valence-electron chi connectivity index (χ3n) is 1.86. The number of aliphatic hydroxyl groups excluding tert-OH is 3. The monoisotopic (exact) mass is 349 g/mol. The van der Waals surface area contributed by atoms with E-state index < -0.39 is 0 Å². The van der Waals surface area contributed by atoms with Crippen molar-refractivity contribution >= 4 is 0 Å². The molecule has 0 spiro atoms. The Labute approximate surface area is 153 Å². The van der Waals surface area contributed by atoms with Crippen LogP contribution in [0, 0.1) is 12.0 Å². The molecule has 0 fully saturated rings. The topological polar surface area (TPSA) is 60.7 Å². The van der Waals surface area contributed by atoms with Crippen LogP contribution >= 0.6 is 0 Å². The molecule has 22 heavy (non-hydrogen) atoms. The van der Waals surface area contributed by atoms with Crippen LogP contribution in [0.25, 0.3) is 0 Å². The second-order valence-corrected chi connectivity index (χ2v) is 5.83. The van der Waals surface area contributed by atoms with E-state index in [1.54, 1.807) is 41.5 Å². The predicted octanol–water partition coefficient (Wildman–Crippen LogP) is 3.88. The molecule has 132 valence electrons. The molecule has 0 bridgehead atoms. The summed E-state index contributed by atoms with van der Waals surface area (Å²) >= 11 is 0. The normalized spacial score (nSPS) is 13.1. The van der Waals surface area contributed by atoms with Gasteiger partial charge in [0.25, 0.3) is 0 Å². The van der Waals surface area contributed by atoms with Crippen LogP contribution < -0.4 is 0 Å². The summed E-state index contributed by atoms with van der Waals surface area (Å²) in [6, 6.07) is 0. The predicted molar refractivity (Wildman–Crippen MR) is 92.0 cm³/mol. The Bertz CT molecular complexity index is 237. The van der Waals surface area contributed by atoms with Crippen molar-refractivity contribution in [2.24, 2.45) is 5.92 Å². The molecule has 0 radical (unpaired) electrons.